The summed E-state index contributed by atoms with van der Waals surface area (Å²) in [5, 5.41) is 4.87. The second-order valence-electron chi connectivity index (χ2n) is 5.76. The zero-order chi connectivity index (χ0) is 15.0. The van der Waals surface area contributed by atoms with Crippen LogP contribution in [0.3, 0.4) is 0 Å². The van der Waals surface area contributed by atoms with E-state index in [1.54, 1.807) is 0 Å². The molecular weight excluding hydrogens is 268 g/mol. The van der Waals surface area contributed by atoms with Gasteiger partial charge in [-0.3, -0.25) is 0 Å². The lowest BCUT2D eigenvalue weighted by molar-refractivity contribution is 0.572. The average molecular weight is 286 g/mol. The number of aromatic nitrogens is 1. The Hall–Kier alpha value is -2.61. The summed E-state index contributed by atoms with van der Waals surface area (Å²) in [5.74, 6) is 0. The van der Waals surface area contributed by atoms with Crippen LogP contribution in [0.15, 0.2) is 66.7 Å². The number of para-hydroxylation sites is 2. The molecule has 2 heterocycles. The van der Waals surface area contributed by atoms with E-state index in [-0.39, 0.29) is 5.54 Å². The van der Waals surface area contributed by atoms with Crippen molar-refractivity contribution in [3.05, 3.63) is 78.0 Å². The van der Waals surface area contributed by atoms with Gasteiger partial charge in [0.1, 0.15) is 0 Å². The van der Waals surface area contributed by atoms with Gasteiger partial charge in [0, 0.05) is 11.1 Å². The molecular formula is C20H18N2. The summed E-state index contributed by atoms with van der Waals surface area (Å²) < 4.78 is 0. The summed E-state index contributed by atoms with van der Waals surface area (Å²) in [6, 6.07) is 21.0. The Labute approximate surface area is 130 Å². The first kappa shape index (κ1) is 13.1. The molecule has 1 unspecified atom stereocenters. The number of benzene rings is 2. The molecule has 1 aliphatic heterocycles. The summed E-state index contributed by atoms with van der Waals surface area (Å²) in [6.45, 7) is 2.20. The summed E-state index contributed by atoms with van der Waals surface area (Å²) in [7, 11) is 0. The van der Waals surface area contributed by atoms with Gasteiger partial charge in [-0.1, -0.05) is 61.5 Å². The number of hydrogen-bond donors (Lipinski definition) is 1. The molecule has 2 nitrogen and oxygen atoms in total. The third kappa shape index (κ3) is 2.00. The van der Waals surface area contributed by atoms with Crippen molar-refractivity contribution in [1.82, 2.24) is 4.98 Å². The predicted octanol–water partition coefficient (Wildman–Crippen LogP) is 4.98. The van der Waals surface area contributed by atoms with Crippen molar-refractivity contribution in [3.63, 3.8) is 0 Å². The Bertz CT molecular complexity index is 866. The number of nitrogens with one attached hydrogen (secondary N) is 1. The Morgan fingerprint density at radius 1 is 0.955 bits per heavy atom. The molecule has 0 fully saturated rings. The van der Waals surface area contributed by atoms with Crippen LogP contribution in [0.5, 0.6) is 0 Å². The third-order valence-electron chi connectivity index (χ3n) is 4.48. The molecule has 0 amide bonds. The van der Waals surface area contributed by atoms with Crippen LogP contribution in [0.1, 0.15) is 24.6 Å². The lowest BCUT2D eigenvalue weighted by atomic mass is 9.86. The fraction of sp³-hybridized carbons (Fsp3) is 0.150. The molecule has 2 aromatic carbocycles. The van der Waals surface area contributed by atoms with Gasteiger partial charge in [-0.05, 0) is 30.2 Å². The number of hydrogen-bond acceptors (Lipinski definition) is 2. The van der Waals surface area contributed by atoms with Crippen LogP contribution in [0, 0.1) is 0 Å². The Morgan fingerprint density at radius 2 is 1.77 bits per heavy atom. The van der Waals surface area contributed by atoms with Crippen LogP contribution in [0.2, 0.25) is 0 Å². The molecule has 3 aromatic rings. The van der Waals surface area contributed by atoms with Gasteiger partial charge in [0.25, 0.3) is 0 Å². The van der Waals surface area contributed by atoms with E-state index in [9.17, 15) is 0 Å². The maximum Gasteiger partial charge on any atom is 0.0982 e. The van der Waals surface area contributed by atoms with Gasteiger partial charge in [-0.15, -0.1) is 0 Å². The molecule has 0 saturated heterocycles. The van der Waals surface area contributed by atoms with Crippen LogP contribution in [0.4, 0.5) is 5.69 Å². The third-order valence-corrected chi connectivity index (χ3v) is 4.48. The number of nitrogens with zero attached hydrogens (tertiary/aromatic N) is 1. The smallest absolute Gasteiger partial charge is 0.0982 e. The summed E-state index contributed by atoms with van der Waals surface area (Å²) in [4.78, 5) is 4.90. The van der Waals surface area contributed by atoms with Gasteiger partial charge in [0.05, 0.1) is 16.7 Å². The topological polar surface area (TPSA) is 24.9 Å². The number of rotatable bonds is 2. The summed E-state index contributed by atoms with van der Waals surface area (Å²) >= 11 is 0. The average Bonchev–Trinajstić information content (AvgIpc) is 2.61. The second kappa shape index (κ2) is 4.99. The first-order valence-corrected chi connectivity index (χ1v) is 7.73. The van der Waals surface area contributed by atoms with Crippen molar-refractivity contribution < 1.29 is 0 Å². The molecule has 2 heteroatoms. The van der Waals surface area contributed by atoms with Crippen LogP contribution >= 0.6 is 0 Å². The molecule has 0 radical (unpaired) electrons. The van der Waals surface area contributed by atoms with Crippen molar-refractivity contribution in [2.45, 2.75) is 18.9 Å². The fourth-order valence-electron chi connectivity index (χ4n) is 3.12. The van der Waals surface area contributed by atoms with Crippen LogP contribution in [-0.2, 0) is 5.54 Å². The molecule has 1 aromatic heterocycles. The maximum absolute atomic E-state index is 4.90. The maximum atomic E-state index is 4.90. The second-order valence-corrected chi connectivity index (χ2v) is 5.76. The van der Waals surface area contributed by atoms with Crippen molar-refractivity contribution in [2.24, 2.45) is 0 Å². The SMILES string of the molecule is CCC1(c2ccc3ccccc3n2)C=Cc2ccccc2N1. The van der Waals surface area contributed by atoms with Crippen LogP contribution in [-0.4, -0.2) is 4.98 Å². The molecule has 4 rings (SSSR count). The molecule has 0 saturated carbocycles. The van der Waals surface area contributed by atoms with E-state index in [1.165, 1.54) is 16.6 Å². The molecule has 1 aliphatic rings. The Kier molecular flexibility index (Phi) is 2.97. The first-order valence-electron chi connectivity index (χ1n) is 7.73. The van der Waals surface area contributed by atoms with E-state index in [0.29, 0.717) is 0 Å². The molecule has 1 N–H and O–H groups in total. The fourth-order valence-corrected chi connectivity index (χ4v) is 3.12. The normalized spacial score (nSPS) is 19.7. The van der Waals surface area contributed by atoms with Crippen LogP contribution in [0.25, 0.3) is 17.0 Å². The highest BCUT2D eigenvalue weighted by atomic mass is 15.0. The van der Waals surface area contributed by atoms with E-state index in [2.05, 4.69) is 72.9 Å². The highest BCUT2D eigenvalue weighted by molar-refractivity contribution is 5.79. The molecule has 1 atom stereocenters. The number of pyridine rings is 1. The van der Waals surface area contributed by atoms with Gasteiger partial charge in [0.2, 0.25) is 0 Å². The van der Waals surface area contributed by atoms with Gasteiger partial charge >= 0.3 is 0 Å². The zero-order valence-electron chi connectivity index (χ0n) is 12.6. The van der Waals surface area contributed by atoms with E-state index < -0.39 is 0 Å². The molecule has 22 heavy (non-hydrogen) atoms. The van der Waals surface area contributed by atoms with Gasteiger partial charge in [0.15, 0.2) is 0 Å². The quantitative estimate of drug-likeness (QED) is 0.718. The van der Waals surface area contributed by atoms with E-state index in [0.717, 1.165) is 17.6 Å². The van der Waals surface area contributed by atoms with Crippen molar-refractivity contribution >= 4 is 22.7 Å². The monoisotopic (exact) mass is 286 g/mol. The Balaban J connectivity index is 1.84. The summed E-state index contributed by atoms with van der Waals surface area (Å²) in [6.07, 6.45) is 5.39. The Morgan fingerprint density at radius 3 is 2.68 bits per heavy atom. The summed E-state index contributed by atoms with van der Waals surface area (Å²) in [5.41, 5.74) is 4.27. The highest BCUT2D eigenvalue weighted by Crippen LogP contribution is 2.37. The lowest BCUT2D eigenvalue weighted by Crippen LogP contribution is -2.35. The first-order chi connectivity index (χ1) is 10.8. The molecule has 0 bridgehead atoms. The minimum absolute atomic E-state index is 0.238. The largest absolute Gasteiger partial charge is 0.370 e. The van der Waals surface area contributed by atoms with Crippen molar-refractivity contribution in [2.75, 3.05) is 5.32 Å². The molecule has 0 spiro atoms. The van der Waals surface area contributed by atoms with E-state index in [1.807, 2.05) is 12.1 Å². The lowest BCUT2D eigenvalue weighted by Gasteiger charge is -2.35. The predicted molar refractivity (Wildman–Crippen MR) is 92.8 cm³/mol. The zero-order valence-corrected chi connectivity index (χ0v) is 12.6. The van der Waals surface area contributed by atoms with Crippen LogP contribution < -0.4 is 5.32 Å². The highest BCUT2D eigenvalue weighted by Gasteiger charge is 2.31. The molecule has 0 aliphatic carbocycles. The van der Waals surface area contributed by atoms with Crippen molar-refractivity contribution in [3.8, 4) is 0 Å². The number of fused-ring (bicyclic) bond motifs is 2. The van der Waals surface area contributed by atoms with Gasteiger partial charge < -0.3 is 5.32 Å². The van der Waals surface area contributed by atoms with E-state index >= 15 is 0 Å². The van der Waals surface area contributed by atoms with E-state index in [4.69, 9.17) is 4.98 Å². The van der Waals surface area contributed by atoms with Crippen molar-refractivity contribution in [1.29, 1.82) is 0 Å². The standard InChI is InChI=1S/C20H18N2/c1-2-20(14-13-16-8-4-6-10-18(16)22-20)19-12-11-15-7-3-5-9-17(15)21-19/h3-14,22H,2H2,1H3. The minimum atomic E-state index is -0.238. The molecule has 108 valence electrons. The number of anilines is 1. The van der Waals surface area contributed by atoms with Gasteiger partial charge in [-0.25, -0.2) is 4.98 Å². The van der Waals surface area contributed by atoms with Gasteiger partial charge in [-0.2, -0.15) is 0 Å². The minimum Gasteiger partial charge on any atom is -0.370 e.